The summed E-state index contributed by atoms with van der Waals surface area (Å²) in [5.74, 6) is 0.868. The normalized spacial score (nSPS) is 33.1. The van der Waals surface area contributed by atoms with Crippen LogP contribution in [-0.2, 0) is 11.2 Å². The van der Waals surface area contributed by atoms with Gasteiger partial charge in [-0.1, -0.05) is 32.9 Å². The minimum atomic E-state index is 0.118. The molecule has 0 radical (unpaired) electrons. The van der Waals surface area contributed by atoms with Crippen molar-refractivity contribution in [3.63, 3.8) is 0 Å². The number of nitrogen functional groups attached to an aromatic ring is 1. The summed E-state index contributed by atoms with van der Waals surface area (Å²) in [6, 6.07) is 7.89. The van der Waals surface area contributed by atoms with Gasteiger partial charge in [-0.15, -0.1) is 0 Å². The molecule has 21 heavy (non-hydrogen) atoms. The molecule has 0 aliphatic heterocycles. The summed E-state index contributed by atoms with van der Waals surface area (Å²) in [5, 5.41) is 3.33. The van der Waals surface area contributed by atoms with Crippen molar-refractivity contribution in [2.24, 2.45) is 16.7 Å². The molecule has 0 spiro atoms. The molecule has 1 amide bonds. The second kappa shape index (κ2) is 4.75. The zero-order valence-electron chi connectivity index (χ0n) is 13.3. The molecule has 3 atom stereocenters. The van der Waals surface area contributed by atoms with E-state index in [1.165, 1.54) is 19.3 Å². The second-order valence-corrected chi connectivity index (χ2v) is 7.84. The molecule has 2 aliphatic carbocycles. The number of fused-ring (bicyclic) bond motifs is 2. The molecule has 1 aromatic rings. The number of hydrogen-bond donors (Lipinski definition) is 2. The summed E-state index contributed by atoms with van der Waals surface area (Å²) in [6.45, 7) is 6.97. The van der Waals surface area contributed by atoms with E-state index < -0.39 is 0 Å². The lowest BCUT2D eigenvalue weighted by Gasteiger charge is -2.43. The van der Waals surface area contributed by atoms with Gasteiger partial charge in [0.25, 0.3) is 0 Å². The van der Waals surface area contributed by atoms with Crippen molar-refractivity contribution >= 4 is 11.6 Å². The molecule has 0 heterocycles. The van der Waals surface area contributed by atoms with Crippen LogP contribution in [0.15, 0.2) is 24.3 Å². The fourth-order valence-electron chi connectivity index (χ4n) is 4.76. The van der Waals surface area contributed by atoms with E-state index in [9.17, 15) is 4.79 Å². The first-order valence-corrected chi connectivity index (χ1v) is 7.95. The number of rotatable bonds is 3. The van der Waals surface area contributed by atoms with E-state index in [2.05, 4.69) is 26.1 Å². The van der Waals surface area contributed by atoms with Crippen LogP contribution in [0.2, 0.25) is 0 Å². The van der Waals surface area contributed by atoms with Crippen molar-refractivity contribution in [2.75, 3.05) is 5.73 Å². The Bertz CT molecular complexity index is 561. The minimum absolute atomic E-state index is 0.118. The molecule has 114 valence electrons. The first-order chi connectivity index (χ1) is 9.81. The van der Waals surface area contributed by atoms with Crippen molar-refractivity contribution in [3.05, 3.63) is 29.8 Å². The summed E-state index contributed by atoms with van der Waals surface area (Å²) in [6.07, 6.45) is 4.22. The summed E-state index contributed by atoms with van der Waals surface area (Å²) >= 11 is 0. The number of nitrogens with two attached hydrogens (primary N) is 1. The summed E-state index contributed by atoms with van der Waals surface area (Å²) in [5.41, 5.74) is 7.96. The topological polar surface area (TPSA) is 55.1 Å². The van der Waals surface area contributed by atoms with Crippen LogP contribution in [0.25, 0.3) is 0 Å². The highest BCUT2D eigenvalue weighted by molar-refractivity contribution is 5.79. The van der Waals surface area contributed by atoms with Crippen LogP contribution >= 0.6 is 0 Å². The van der Waals surface area contributed by atoms with Gasteiger partial charge in [0.2, 0.25) is 5.91 Å². The Morgan fingerprint density at radius 1 is 1.38 bits per heavy atom. The van der Waals surface area contributed by atoms with E-state index in [0.717, 1.165) is 11.5 Å². The molecule has 2 bridgehead atoms. The Kier molecular flexibility index (Phi) is 3.27. The Hall–Kier alpha value is -1.51. The smallest absolute Gasteiger partial charge is 0.224 e. The van der Waals surface area contributed by atoms with E-state index in [-0.39, 0.29) is 22.8 Å². The highest BCUT2D eigenvalue weighted by Gasteiger charge is 2.59. The molecule has 0 saturated heterocycles. The van der Waals surface area contributed by atoms with E-state index in [1.54, 1.807) is 0 Å². The quantitative estimate of drug-likeness (QED) is 0.839. The van der Waals surface area contributed by atoms with E-state index >= 15 is 0 Å². The van der Waals surface area contributed by atoms with Crippen LogP contribution in [0.1, 0.15) is 45.6 Å². The number of benzene rings is 1. The van der Waals surface area contributed by atoms with Crippen LogP contribution in [0.5, 0.6) is 0 Å². The molecule has 2 aliphatic rings. The molecule has 1 aromatic carbocycles. The zero-order chi connectivity index (χ0) is 15.3. The Morgan fingerprint density at radius 2 is 2.14 bits per heavy atom. The SMILES string of the molecule is CC12CCC(C1)C(C)(C)C2NC(=O)Cc1cccc(N)c1. The third kappa shape index (κ3) is 2.43. The largest absolute Gasteiger partial charge is 0.399 e. The van der Waals surface area contributed by atoms with Crippen LogP contribution in [0, 0.1) is 16.7 Å². The fourth-order valence-corrected chi connectivity index (χ4v) is 4.76. The molecule has 3 rings (SSSR count). The second-order valence-electron chi connectivity index (χ2n) is 7.84. The summed E-state index contributed by atoms with van der Waals surface area (Å²) in [4.78, 5) is 12.4. The van der Waals surface area contributed by atoms with Crippen LogP contribution in [-0.4, -0.2) is 11.9 Å². The zero-order valence-corrected chi connectivity index (χ0v) is 13.3. The van der Waals surface area contributed by atoms with Gasteiger partial charge >= 0.3 is 0 Å². The molecule has 0 aromatic heterocycles. The Morgan fingerprint density at radius 3 is 2.76 bits per heavy atom. The summed E-state index contributed by atoms with van der Waals surface area (Å²) in [7, 11) is 0. The lowest BCUT2D eigenvalue weighted by Crippen LogP contribution is -2.52. The van der Waals surface area contributed by atoms with Crippen LogP contribution < -0.4 is 11.1 Å². The van der Waals surface area contributed by atoms with Gasteiger partial charge in [-0.3, -0.25) is 4.79 Å². The van der Waals surface area contributed by atoms with E-state index in [1.807, 2.05) is 24.3 Å². The number of hydrogen-bond acceptors (Lipinski definition) is 2. The number of carbonyl (C=O) groups is 1. The van der Waals surface area contributed by atoms with Crippen molar-refractivity contribution in [2.45, 2.75) is 52.5 Å². The maximum absolute atomic E-state index is 12.4. The molecule has 3 unspecified atom stereocenters. The number of nitrogens with one attached hydrogen (secondary N) is 1. The minimum Gasteiger partial charge on any atom is -0.399 e. The van der Waals surface area contributed by atoms with Crippen molar-refractivity contribution in [1.29, 1.82) is 0 Å². The molecule has 3 N–H and O–H groups in total. The van der Waals surface area contributed by atoms with Gasteiger partial charge in [0.15, 0.2) is 0 Å². The predicted octanol–water partition coefficient (Wildman–Crippen LogP) is 3.14. The monoisotopic (exact) mass is 286 g/mol. The van der Waals surface area contributed by atoms with Gasteiger partial charge in [-0.2, -0.15) is 0 Å². The number of carbonyl (C=O) groups excluding carboxylic acids is 1. The van der Waals surface area contributed by atoms with Gasteiger partial charge < -0.3 is 11.1 Å². The standard InChI is InChI=1S/C18H26N2O/c1-17(2)13-7-8-18(3,11-13)16(17)20-15(21)10-12-5-4-6-14(19)9-12/h4-6,9,13,16H,7-8,10-11,19H2,1-3H3,(H,20,21). The first-order valence-electron chi connectivity index (χ1n) is 7.95. The molecule has 3 heteroatoms. The fraction of sp³-hybridized carbons (Fsp3) is 0.611. The molecular weight excluding hydrogens is 260 g/mol. The average Bonchev–Trinajstić information content (AvgIpc) is 2.86. The maximum atomic E-state index is 12.4. The summed E-state index contributed by atoms with van der Waals surface area (Å²) < 4.78 is 0. The van der Waals surface area contributed by atoms with E-state index in [0.29, 0.717) is 12.1 Å². The molecule has 2 fully saturated rings. The Labute approximate surface area is 127 Å². The van der Waals surface area contributed by atoms with Gasteiger partial charge in [0, 0.05) is 11.7 Å². The average molecular weight is 286 g/mol. The van der Waals surface area contributed by atoms with Crippen LogP contribution in [0.4, 0.5) is 5.69 Å². The van der Waals surface area contributed by atoms with Crippen LogP contribution in [0.3, 0.4) is 0 Å². The van der Waals surface area contributed by atoms with Crippen molar-refractivity contribution in [3.8, 4) is 0 Å². The van der Waals surface area contributed by atoms with E-state index in [4.69, 9.17) is 5.73 Å². The lowest BCUT2D eigenvalue weighted by atomic mass is 9.68. The third-order valence-electron chi connectivity index (χ3n) is 5.89. The Balaban J connectivity index is 1.70. The predicted molar refractivity (Wildman–Crippen MR) is 85.7 cm³/mol. The third-order valence-corrected chi connectivity index (χ3v) is 5.89. The highest BCUT2D eigenvalue weighted by Crippen LogP contribution is 2.62. The molecule has 3 nitrogen and oxygen atoms in total. The first kappa shape index (κ1) is 14.4. The van der Waals surface area contributed by atoms with Gasteiger partial charge in [0.05, 0.1) is 6.42 Å². The molecule has 2 saturated carbocycles. The maximum Gasteiger partial charge on any atom is 0.224 e. The number of anilines is 1. The lowest BCUT2D eigenvalue weighted by molar-refractivity contribution is -0.123. The highest BCUT2D eigenvalue weighted by atomic mass is 16.1. The van der Waals surface area contributed by atoms with Gasteiger partial charge in [0.1, 0.15) is 0 Å². The molecular formula is C18H26N2O. The van der Waals surface area contributed by atoms with Gasteiger partial charge in [-0.05, 0) is 53.7 Å². The number of amides is 1. The van der Waals surface area contributed by atoms with Crippen molar-refractivity contribution in [1.82, 2.24) is 5.32 Å². The van der Waals surface area contributed by atoms with Gasteiger partial charge in [-0.25, -0.2) is 0 Å². The van der Waals surface area contributed by atoms with Crippen molar-refractivity contribution < 1.29 is 4.79 Å².